The van der Waals surface area contributed by atoms with Crippen LogP contribution in [0.15, 0.2) is 0 Å². The molecule has 66 valence electrons. The van der Waals surface area contributed by atoms with Crippen LogP contribution in [0.2, 0.25) is 0 Å². The molecule has 4 nitrogen and oxygen atoms in total. The second-order valence-corrected chi connectivity index (χ2v) is 3.56. The number of hydrogen-bond acceptors (Lipinski definition) is 2. The van der Waals surface area contributed by atoms with Crippen LogP contribution in [0.5, 0.6) is 0 Å². The summed E-state index contributed by atoms with van der Waals surface area (Å²) in [5.41, 5.74) is 5.04. The molecule has 1 unspecified atom stereocenters. The Kier molecular flexibility index (Phi) is 2.87. The summed E-state index contributed by atoms with van der Waals surface area (Å²) in [4.78, 5) is 11.8. The van der Waals surface area contributed by atoms with E-state index in [1.165, 1.54) is 4.90 Å². The number of hydrogen-bond donors (Lipinski definition) is 2. The van der Waals surface area contributed by atoms with Crippen molar-refractivity contribution in [2.75, 3.05) is 0 Å². The van der Waals surface area contributed by atoms with Crippen molar-refractivity contribution in [1.82, 2.24) is 4.90 Å². The molecule has 0 aliphatic carbocycles. The average Bonchev–Trinajstić information content (AvgIpc) is 1.54. The van der Waals surface area contributed by atoms with Gasteiger partial charge in [-0.3, -0.25) is 4.90 Å². The van der Waals surface area contributed by atoms with E-state index in [-0.39, 0.29) is 0 Å². The van der Waals surface area contributed by atoms with Crippen LogP contribution in [0, 0.1) is 0 Å². The minimum atomic E-state index is -0.979. The Balaban J connectivity index is 4.49. The Labute approximate surface area is 67.0 Å². The van der Waals surface area contributed by atoms with Gasteiger partial charge in [-0.05, 0) is 27.7 Å². The van der Waals surface area contributed by atoms with Crippen LogP contribution in [-0.4, -0.2) is 27.8 Å². The Bertz CT molecular complexity index is 149. The van der Waals surface area contributed by atoms with Crippen LogP contribution >= 0.6 is 0 Å². The van der Waals surface area contributed by atoms with E-state index in [9.17, 15) is 4.79 Å². The van der Waals surface area contributed by atoms with Gasteiger partial charge in [-0.15, -0.1) is 0 Å². The molecule has 0 aromatic heterocycles. The zero-order chi connectivity index (χ0) is 9.23. The summed E-state index contributed by atoms with van der Waals surface area (Å²) < 4.78 is 0. The predicted octanol–water partition coefficient (Wildman–Crippen LogP) is 1.07. The van der Waals surface area contributed by atoms with Crippen LogP contribution in [0.1, 0.15) is 27.7 Å². The molecule has 0 fully saturated rings. The summed E-state index contributed by atoms with van der Waals surface area (Å²) in [7, 11) is 0. The van der Waals surface area contributed by atoms with Gasteiger partial charge in [0, 0.05) is 5.54 Å². The Morgan fingerprint density at radius 1 is 1.55 bits per heavy atom. The molecule has 4 heteroatoms. The molecule has 0 aliphatic rings. The Morgan fingerprint density at radius 3 is 1.91 bits per heavy atom. The maximum atomic E-state index is 10.6. The van der Waals surface area contributed by atoms with Crippen molar-refractivity contribution in [3.05, 3.63) is 0 Å². The fourth-order valence-corrected chi connectivity index (χ4v) is 1.07. The first-order valence-electron chi connectivity index (χ1n) is 3.54. The summed E-state index contributed by atoms with van der Waals surface area (Å²) in [5, 5.41) is 8.73. The third kappa shape index (κ3) is 2.76. The van der Waals surface area contributed by atoms with E-state index >= 15 is 0 Å². The highest BCUT2D eigenvalue weighted by Gasteiger charge is 2.28. The number of carboxylic acid groups (broad SMARTS) is 1. The maximum absolute atomic E-state index is 10.6. The first-order chi connectivity index (χ1) is 4.76. The number of amides is 1. The molecule has 3 N–H and O–H groups in total. The molecule has 1 amide bonds. The van der Waals surface area contributed by atoms with Crippen LogP contribution < -0.4 is 5.73 Å². The summed E-state index contributed by atoms with van der Waals surface area (Å²) in [6, 6.07) is 0. The smallest absolute Gasteiger partial charge is 0.408 e. The van der Waals surface area contributed by atoms with Gasteiger partial charge < -0.3 is 10.8 Å². The molecule has 0 saturated heterocycles. The van der Waals surface area contributed by atoms with E-state index in [0.29, 0.717) is 0 Å². The fraction of sp³-hybridized carbons (Fsp3) is 0.857. The highest BCUT2D eigenvalue weighted by atomic mass is 16.4. The molecule has 0 aromatic carbocycles. The van der Waals surface area contributed by atoms with Crippen molar-refractivity contribution in [2.45, 2.75) is 39.4 Å². The van der Waals surface area contributed by atoms with E-state index in [1.807, 2.05) is 20.8 Å². The quantitative estimate of drug-likeness (QED) is 0.564. The second kappa shape index (κ2) is 3.09. The molecule has 0 heterocycles. The largest absolute Gasteiger partial charge is 0.465 e. The van der Waals surface area contributed by atoms with Crippen LogP contribution in [0.3, 0.4) is 0 Å². The standard InChI is InChI=1S/C7H16N2O2/c1-5(8)9(6(10)11)7(2,3)4/h5H,8H2,1-4H3,(H,10,11). The number of rotatable bonds is 1. The topological polar surface area (TPSA) is 66.6 Å². The van der Waals surface area contributed by atoms with E-state index < -0.39 is 17.8 Å². The molecule has 0 bridgehead atoms. The summed E-state index contributed by atoms with van der Waals surface area (Å²) >= 11 is 0. The molecular formula is C7H16N2O2. The number of carbonyl (C=O) groups is 1. The maximum Gasteiger partial charge on any atom is 0.408 e. The summed E-state index contributed by atoms with van der Waals surface area (Å²) in [6.07, 6.45) is -1.44. The number of nitrogens with zero attached hydrogens (tertiary/aromatic N) is 1. The van der Waals surface area contributed by atoms with E-state index in [4.69, 9.17) is 10.8 Å². The van der Waals surface area contributed by atoms with Gasteiger partial charge in [0.25, 0.3) is 0 Å². The third-order valence-corrected chi connectivity index (χ3v) is 1.34. The van der Waals surface area contributed by atoms with Crippen LogP contribution in [0.25, 0.3) is 0 Å². The van der Waals surface area contributed by atoms with Crippen molar-refractivity contribution in [1.29, 1.82) is 0 Å². The number of nitrogens with two attached hydrogens (primary N) is 1. The molecule has 0 aromatic rings. The zero-order valence-electron chi connectivity index (χ0n) is 7.46. The Hall–Kier alpha value is -0.770. The monoisotopic (exact) mass is 160 g/mol. The normalized spacial score (nSPS) is 14.3. The van der Waals surface area contributed by atoms with Gasteiger partial charge in [0.2, 0.25) is 0 Å². The first kappa shape index (κ1) is 10.2. The summed E-state index contributed by atoms with van der Waals surface area (Å²) in [6.45, 7) is 7.08. The Morgan fingerprint density at radius 2 is 1.91 bits per heavy atom. The fourth-order valence-electron chi connectivity index (χ4n) is 1.07. The third-order valence-electron chi connectivity index (χ3n) is 1.34. The minimum Gasteiger partial charge on any atom is -0.465 e. The van der Waals surface area contributed by atoms with Gasteiger partial charge in [0.1, 0.15) is 0 Å². The zero-order valence-corrected chi connectivity index (χ0v) is 7.46. The minimum absolute atomic E-state index is 0.431. The van der Waals surface area contributed by atoms with E-state index in [1.54, 1.807) is 6.92 Å². The molecule has 0 saturated carbocycles. The molecular weight excluding hydrogens is 144 g/mol. The van der Waals surface area contributed by atoms with Gasteiger partial charge in [0.05, 0.1) is 6.17 Å². The first-order valence-corrected chi connectivity index (χ1v) is 3.54. The summed E-state index contributed by atoms with van der Waals surface area (Å²) in [5.74, 6) is 0. The molecule has 1 atom stereocenters. The van der Waals surface area contributed by atoms with Crippen molar-refractivity contribution in [3.63, 3.8) is 0 Å². The molecule has 11 heavy (non-hydrogen) atoms. The van der Waals surface area contributed by atoms with Gasteiger partial charge in [-0.1, -0.05) is 0 Å². The SMILES string of the molecule is CC(N)N(C(=O)O)C(C)(C)C. The van der Waals surface area contributed by atoms with Gasteiger partial charge in [-0.25, -0.2) is 4.79 Å². The predicted molar refractivity (Wildman–Crippen MR) is 43.3 cm³/mol. The lowest BCUT2D eigenvalue weighted by atomic mass is 10.1. The van der Waals surface area contributed by atoms with Crippen molar-refractivity contribution in [2.24, 2.45) is 5.73 Å². The van der Waals surface area contributed by atoms with Crippen LogP contribution in [-0.2, 0) is 0 Å². The molecule has 0 spiro atoms. The highest BCUT2D eigenvalue weighted by Crippen LogP contribution is 2.14. The van der Waals surface area contributed by atoms with E-state index in [2.05, 4.69) is 0 Å². The molecule has 0 rings (SSSR count). The van der Waals surface area contributed by atoms with Crippen molar-refractivity contribution >= 4 is 6.09 Å². The van der Waals surface area contributed by atoms with Gasteiger partial charge >= 0.3 is 6.09 Å². The van der Waals surface area contributed by atoms with Crippen LogP contribution in [0.4, 0.5) is 4.79 Å². The van der Waals surface area contributed by atoms with Crippen molar-refractivity contribution in [3.8, 4) is 0 Å². The van der Waals surface area contributed by atoms with Crippen molar-refractivity contribution < 1.29 is 9.90 Å². The van der Waals surface area contributed by atoms with Gasteiger partial charge in [0.15, 0.2) is 0 Å². The molecule has 0 radical (unpaired) electrons. The highest BCUT2D eigenvalue weighted by molar-refractivity contribution is 5.66. The lowest BCUT2D eigenvalue weighted by Crippen LogP contribution is -2.53. The average molecular weight is 160 g/mol. The lowest BCUT2D eigenvalue weighted by molar-refractivity contribution is 0.0774. The second-order valence-electron chi connectivity index (χ2n) is 3.56. The van der Waals surface area contributed by atoms with E-state index in [0.717, 1.165) is 0 Å². The van der Waals surface area contributed by atoms with Gasteiger partial charge in [-0.2, -0.15) is 0 Å². The lowest BCUT2D eigenvalue weighted by Gasteiger charge is -2.35. The molecule has 0 aliphatic heterocycles.